The zero-order valence-corrected chi connectivity index (χ0v) is 21.9. The summed E-state index contributed by atoms with van der Waals surface area (Å²) in [6.07, 6.45) is -1.67. The summed E-state index contributed by atoms with van der Waals surface area (Å²) in [6.45, 7) is 3.89. The van der Waals surface area contributed by atoms with Crippen molar-refractivity contribution >= 4 is 56.7 Å². The van der Waals surface area contributed by atoms with Crippen molar-refractivity contribution in [2.24, 2.45) is 10.2 Å². The molecule has 5 aromatic rings. The molecule has 2 aromatic carbocycles. The van der Waals surface area contributed by atoms with Crippen LogP contribution in [-0.2, 0) is 11.0 Å². The van der Waals surface area contributed by atoms with Gasteiger partial charge in [0, 0.05) is 16.5 Å². The molecule has 1 aliphatic rings. The number of thioether (sulfide) groups is 1. The Morgan fingerprint density at radius 1 is 1.02 bits per heavy atom. The van der Waals surface area contributed by atoms with E-state index in [0.29, 0.717) is 33.0 Å². The molecular weight excluding hydrogens is 541 g/mol. The van der Waals surface area contributed by atoms with Gasteiger partial charge in [0.05, 0.1) is 29.0 Å². The molecule has 1 aliphatic heterocycles. The van der Waals surface area contributed by atoms with Crippen LogP contribution >= 0.6 is 11.8 Å². The Bertz CT molecular complexity index is 1830. The molecule has 4 heterocycles. The van der Waals surface area contributed by atoms with E-state index in [0.717, 1.165) is 28.3 Å². The molecule has 0 unspecified atom stereocenters. The number of amides is 1. The van der Waals surface area contributed by atoms with Gasteiger partial charge < -0.3 is 4.98 Å². The van der Waals surface area contributed by atoms with Crippen molar-refractivity contribution in [2.45, 2.75) is 20.0 Å². The van der Waals surface area contributed by atoms with E-state index in [1.54, 1.807) is 17.0 Å². The maximum atomic E-state index is 13.0. The van der Waals surface area contributed by atoms with Crippen LogP contribution in [0.15, 0.2) is 65.1 Å². The number of alkyl halides is 3. The van der Waals surface area contributed by atoms with E-state index in [9.17, 15) is 18.0 Å². The number of imidazole rings is 1. The van der Waals surface area contributed by atoms with Crippen LogP contribution in [0.5, 0.6) is 0 Å². The van der Waals surface area contributed by atoms with Gasteiger partial charge in [0.25, 0.3) is 0 Å². The molecule has 0 radical (unpaired) electrons. The zero-order valence-electron chi connectivity index (χ0n) is 21.1. The number of para-hydroxylation sites is 1. The van der Waals surface area contributed by atoms with E-state index in [1.807, 2.05) is 38.1 Å². The third-order valence-corrected chi connectivity index (χ3v) is 7.31. The van der Waals surface area contributed by atoms with Gasteiger partial charge in [0.15, 0.2) is 10.9 Å². The van der Waals surface area contributed by atoms with Gasteiger partial charge in [0.2, 0.25) is 5.91 Å². The molecule has 0 aliphatic carbocycles. The Morgan fingerprint density at radius 3 is 2.52 bits per heavy atom. The van der Waals surface area contributed by atoms with E-state index in [4.69, 9.17) is 0 Å². The van der Waals surface area contributed by atoms with Crippen LogP contribution in [0.4, 0.5) is 18.9 Å². The topological polar surface area (TPSA) is 112 Å². The third-order valence-electron chi connectivity index (χ3n) is 6.40. The molecule has 0 spiro atoms. The second kappa shape index (κ2) is 9.83. The van der Waals surface area contributed by atoms with Gasteiger partial charge >= 0.3 is 6.18 Å². The quantitative estimate of drug-likeness (QED) is 0.224. The molecule has 40 heavy (non-hydrogen) atoms. The fourth-order valence-corrected chi connectivity index (χ4v) is 5.38. The molecule has 9 nitrogen and oxygen atoms in total. The highest BCUT2D eigenvalue weighted by Gasteiger charge is 2.33. The van der Waals surface area contributed by atoms with E-state index >= 15 is 0 Å². The van der Waals surface area contributed by atoms with Gasteiger partial charge in [0.1, 0.15) is 17.4 Å². The maximum Gasteiger partial charge on any atom is 0.435 e. The molecule has 200 valence electrons. The van der Waals surface area contributed by atoms with Gasteiger partial charge in [-0.15, -0.1) is 15.3 Å². The number of nitrogens with zero attached hydrogens (tertiary/aromatic N) is 7. The fraction of sp³-hybridized carbons (Fsp3) is 0.148. The molecule has 1 N–H and O–H groups in total. The predicted octanol–water partition coefficient (Wildman–Crippen LogP) is 5.67. The molecule has 1 saturated heterocycles. The number of halogens is 3. The number of amidine groups is 1. The molecule has 0 atom stereocenters. The molecular formula is C27H19F3N8OS. The summed E-state index contributed by atoms with van der Waals surface area (Å²) < 4.78 is 38.9. The van der Waals surface area contributed by atoms with Gasteiger partial charge in [-0.25, -0.2) is 9.97 Å². The first-order valence-corrected chi connectivity index (χ1v) is 13.0. The van der Waals surface area contributed by atoms with Crippen LogP contribution in [0.3, 0.4) is 0 Å². The lowest BCUT2D eigenvalue weighted by Crippen LogP contribution is -2.30. The highest BCUT2D eigenvalue weighted by Crippen LogP contribution is 2.34. The van der Waals surface area contributed by atoms with Crippen molar-refractivity contribution < 1.29 is 18.0 Å². The number of hydrogen-bond acceptors (Lipinski definition) is 8. The van der Waals surface area contributed by atoms with Crippen LogP contribution in [0.25, 0.3) is 33.2 Å². The van der Waals surface area contributed by atoms with E-state index < -0.39 is 11.9 Å². The standard InChI is InChI=1S/C27H19F3N8OS/c1-14-4-3-5-15(2)25(14)38-22(39)12-40-26(38)37-33-11-16-6-7-17-20(34-16)10-18(24-23(17)31-13-32-24)19-8-9-21(36-35-19)27(28,29)30/h3-11,13,34H,12H2,1-2H3/b33-11-,37-26+. The number of pyridine rings is 1. The summed E-state index contributed by atoms with van der Waals surface area (Å²) in [6, 6.07) is 13.4. The van der Waals surface area contributed by atoms with Gasteiger partial charge in [-0.3, -0.25) is 9.69 Å². The minimum absolute atomic E-state index is 0.0627. The van der Waals surface area contributed by atoms with E-state index in [2.05, 4.69) is 35.4 Å². The molecule has 1 amide bonds. The first kappa shape index (κ1) is 25.6. The number of benzene rings is 2. The maximum absolute atomic E-state index is 13.0. The summed E-state index contributed by atoms with van der Waals surface area (Å²) in [5.74, 6) is 0.212. The van der Waals surface area contributed by atoms with Crippen molar-refractivity contribution in [1.29, 1.82) is 0 Å². The number of aromatic nitrogens is 5. The van der Waals surface area contributed by atoms with E-state index in [1.165, 1.54) is 30.4 Å². The third kappa shape index (κ3) is 4.57. The number of nitrogens with one attached hydrogen (secondary N) is 1. The molecule has 6 rings (SSSR count). The van der Waals surface area contributed by atoms with Gasteiger partial charge in [-0.05, 0) is 55.3 Å². The van der Waals surface area contributed by atoms with Crippen molar-refractivity contribution in [3.05, 3.63) is 77.4 Å². The summed E-state index contributed by atoms with van der Waals surface area (Å²) >= 11 is 1.32. The predicted molar refractivity (Wildman–Crippen MR) is 148 cm³/mol. The first-order valence-electron chi connectivity index (χ1n) is 12.0. The Hall–Kier alpha value is -4.65. The summed E-state index contributed by atoms with van der Waals surface area (Å²) in [5.41, 5.74) is 4.69. The molecule has 0 bridgehead atoms. The number of carbonyl (C=O) groups excluding carboxylic acids is 1. The molecule has 3 aromatic heterocycles. The Balaban J connectivity index is 1.35. The second-order valence-electron chi connectivity index (χ2n) is 9.06. The Morgan fingerprint density at radius 2 is 1.80 bits per heavy atom. The van der Waals surface area contributed by atoms with Crippen molar-refractivity contribution in [3.8, 4) is 11.3 Å². The lowest BCUT2D eigenvalue weighted by Gasteiger charge is -2.20. The largest absolute Gasteiger partial charge is 0.435 e. The van der Waals surface area contributed by atoms with Crippen LogP contribution in [-0.4, -0.2) is 48.2 Å². The second-order valence-corrected chi connectivity index (χ2v) is 10.00. The van der Waals surface area contributed by atoms with Crippen LogP contribution in [0, 0.1) is 13.8 Å². The first-order chi connectivity index (χ1) is 19.2. The highest BCUT2D eigenvalue weighted by molar-refractivity contribution is 8.15. The summed E-state index contributed by atoms with van der Waals surface area (Å²) in [7, 11) is 0. The lowest BCUT2D eigenvalue weighted by atomic mass is 10.0. The van der Waals surface area contributed by atoms with Gasteiger partial charge in [-0.2, -0.15) is 18.3 Å². The monoisotopic (exact) mass is 560 g/mol. The van der Waals surface area contributed by atoms with Crippen molar-refractivity contribution in [1.82, 2.24) is 25.1 Å². The lowest BCUT2D eigenvalue weighted by molar-refractivity contribution is -0.141. The van der Waals surface area contributed by atoms with Crippen LogP contribution < -0.4 is 4.90 Å². The highest BCUT2D eigenvalue weighted by atomic mass is 32.2. The number of carbonyl (C=O) groups is 1. The summed E-state index contributed by atoms with van der Waals surface area (Å²) in [5, 5.41) is 16.9. The fourth-order valence-electron chi connectivity index (χ4n) is 4.57. The van der Waals surface area contributed by atoms with Crippen molar-refractivity contribution in [3.63, 3.8) is 0 Å². The minimum Gasteiger partial charge on any atom is -0.354 e. The zero-order chi connectivity index (χ0) is 28.0. The van der Waals surface area contributed by atoms with Crippen LogP contribution in [0.1, 0.15) is 22.5 Å². The normalized spacial score (nSPS) is 15.4. The summed E-state index contributed by atoms with van der Waals surface area (Å²) in [4.78, 5) is 26.1. The number of rotatable bonds is 4. The SMILES string of the molecule is Cc1cccc(C)c1N1C(=O)CS/C1=N/N=C\c1ccc2c(cc(-c3ccc(C(F)(F)F)nn3)c3ncnc32)[nH]1. The van der Waals surface area contributed by atoms with Gasteiger partial charge in [-0.1, -0.05) is 30.0 Å². The number of aromatic amines is 1. The molecule has 0 saturated carbocycles. The number of hydrogen-bond donors (Lipinski definition) is 1. The Kier molecular flexibility index (Phi) is 6.29. The number of H-pyrrole nitrogens is 1. The smallest absolute Gasteiger partial charge is 0.354 e. The van der Waals surface area contributed by atoms with Crippen LogP contribution in [0.2, 0.25) is 0 Å². The minimum atomic E-state index is -4.59. The number of fused-ring (bicyclic) bond motifs is 3. The van der Waals surface area contributed by atoms with Crippen molar-refractivity contribution in [2.75, 3.05) is 10.7 Å². The molecule has 1 fully saturated rings. The number of aryl methyl sites for hydroxylation is 2. The van der Waals surface area contributed by atoms with E-state index in [-0.39, 0.29) is 17.4 Å². The number of anilines is 1. The Labute approximate surface area is 229 Å². The average Bonchev–Trinajstić information content (AvgIpc) is 3.55. The molecule has 13 heteroatoms. The average molecular weight is 561 g/mol.